The number of rotatable bonds is 12. The summed E-state index contributed by atoms with van der Waals surface area (Å²) in [5.41, 5.74) is 3.96. The van der Waals surface area contributed by atoms with Crippen LogP contribution in [0.4, 0.5) is 18.9 Å². The van der Waals surface area contributed by atoms with Gasteiger partial charge in [0, 0.05) is 42.5 Å². The zero-order valence-corrected chi connectivity index (χ0v) is 23.6. The number of anilines is 1. The molecular weight excluding hydrogens is 545 g/mol. The quantitative estimate of drug-likeness (QED) is 0.203. The summed E-state index contributed by atoms with van der Waals surface area (Å²) >= 11 is 0. The van der Waals surface area contributed by atoms with Gasteiger partial charge in [-0.2, -0.15) is 0 Å². The predicted octanol–water partition coefficient (Wildman–Crippen LogP) is 6.61. The Hall–Kier alpha value is -4.08. The molecule has 1 fully saturated rings. The molecule has 0 amide bonds. The van der Waals surface area contributed by atoms with Crippen molar-refractivity contribution in [2.45, 2.75) is 51.7 Å². The first-order chi connectivity index (χ1) is 20.4. The fraction of sp³-hybridized carbons (Fsp3) is 0.406. The van der Waals surface area contributed by atoms with Crippen LogP contribution in [0, 0.1) is 18.7 Å². The summed E-state index contributed by atoms with van der Waals surface area (Å²) in [4.78, 5) is 22.9. The first kappa shape index (κ1) is 29.4. The second kappa shape index (κ2) is 13.3. The molecule has 2 atom stereocenters. The van der Waals surface area contributed by atoms with Gasteiger partial charge >= 0.3 is 5.97 Å². The largest absolute Gasteiger partial charge is 0.487 e. The fourth-order valence-electron chi connectivity index (χ4n) is 5.74. The van der Waals surface area contributed by atoms with E-state index in [1.54, 1.807) is 18.3 Å². The number of nitrogens with zero attached hydrogens (tertiary/aromatic N) is 4. The summed E-state index contributed by atoms with van der Waals surface area (Å²) in [6.07, 6.45) is 4.73. The maximum absolute atomic E-state index is 15.5. The van der Waals surface area contributed by atoms with Crippen molar-refractivity contribution in [1.82, 2.24) is 14.5 Å². The molecule has 0 spiro atoms. The van der Waals surface area contributed by atoms with E-state index >= 15 is 4.39 Å². The first-order valence-corrected chi connectivity index (χ1v) is 14.3. The maximum atomic E-state index is 15.5. The molecule has 7 nitrogen and oxygen atoms in total. The van der Waals surface area contributed by atoms with E-state index in [-0.39, 0.29) is 32.2 Å². The van der Waals surface area contributed by atoms with Gasteiger partial charge in [-0.1, -0.05) is 25.0 Å². The summed E-state index contributed by atoms with van der Waals surface area (Å²) in [7, 11) is 0. The molecule has 0 bridgehead atoms. The van der Waals surface area contributed by atoms with E-state index in [9.17, 15) is 18.7 Å². The van der Waals surface area contributed by atoms with Gasteiger partial charge in [-0.05, 0) is 55.7 Å². The molecule has 0 radical (unpaired) electrons. The SMILES string of the molecule is Cc1ccc(COc2ccc3nc(C4CCCC[C@H]4C(=O)O)n(Cc4ccc(N(CCF)CCF)cc4F)c3c2)nc1. The van der Waals surface area contributed by atoms with Gasteiger partial charge in [0.25, 0.3) is 0 Å². The van der Waals surface area contributed by atoms with E-state index in [1.807, 2.05) is 41.8 Å². The minimum Gasteiger partial charge on any atom is -0.487 e. The number of ether oxygens (including phenoxy) is 1. The Bertz CT molecular complexity index is 1520. The van der Waals surface area contributed by atoms with Crippen molar-refractivity contribution < 1.29 is 27.8 Å². The van der Waals surface area contributed by atoms with Crippen molar-refractivity contribution >= 4 is 22.7 Å². The number of carboxylic acid groups (broad SMARTS) is 1. The molecule has 1 aliphatic carbocycles. The molecule has 0 aliphatic heterocycles. The van der Waals surface area contributed by atoms with Crippen LogP contribution in [0.3, 0.4) is 0 Å². The highest BCUT2D eigenvalue weighted by atomic mass is 19.1. The van der Waals surface area contributed by atoms with Gasteiger partial charge in [-0.3, -0.25) is 9.78 Å². The van der Waals surface area contributed by atoms with Crippen LogP contribution in [0.2, 0.25) is 0 Å². The Balaban J connectivity index is 1.52. The Kier molecular flexibility index (Phi) is 9.29. The van der Waals surface area contributed by atoms with Gasteiger partial charge in [0.2, 0.25) is 0 Å². The van der Waals surface area contributed by atoms with Gasteiger partial charge in [-0.15, -0.1) is 0 Å². The number of alkyl halides is 2. The smallest absolute Gasteiger partial charge is 0.307 e. The van der Waals surface area contributed by atoms with Crippen LogP contribution < -0.4 is 9.64 Å². The van der Waals surface area contributed by atoms with E-state index < -0.39 is 31.1 Å². The van der Waals surface area contributed by atoms with Gasteiger partial charge in [0.05, 0.1) is 29.2 Å². The topological polar surface area (TPSA) is 80.5 Å². The van der Waals surface area contributed by atoms with E-state index in [0.29, 0.717) is 46.7 Å². The number of pyridine rings is 1. The number of hydrogen-bond donors (Lipinski definition) is 1. The molecule has 4 aromatic rings. The lowest BCUT2D eigenvalue weighted by Gasteiger charge is -2.28. The lowest BCUT2D eigenvalue weighted by atomic mass is 9.78. The number of carboxylic acids is 1. The van der Waals surface area contributed by atoms with Crippen molar-refractivity contribution in [2.75, 3.05) is 31.3 Å². The molecule has 0 saturated heterocycles. The van der Waals surface area contributed by atoms with E-state index in [2.05, 4.69) is 4.98 Å². The molecule has 1 unspecified atom stereocenters. The minimum absolute atomic E-state index is 0.0296. The molecule has 1 saturated carbocycles. The third-order valence-electron chi connectivity index (χ3n) is 7.96. The number of hydrogen-bond acceptors (Lipinski definition) is 5. The molecule has 2 aromatic carbocycles. The van der Waals surface area contributed by atoms with Crippen LogP contribution >= 0.6 is 0 Å². The Morgan fingerprint density at radius 2 is 1.86 bits per heavy atom. The molecule has 1 N–H and O–H groups in total. The maximum Gasteiger partial charge on any atom is 0.307 e. The van der Waals surface area contributed by atoms with Crippen LogP contribution in [0.15, 0.2) is 54.7 Å². The van der Waals surface area contributed by atoms with Crippen LogP contribution in [-0.4, -0.2) is 52.0 Å². The standard InChI is InChI=1S/C32H35F3N4O3/c1-21-6-8-23(36-18-21)20-42-25-10-11-29-30(17-25)39(31(37-29)26-4-2-3-5-27(26)32(40)41)19-22-7-9-24(16-28(22)35)38(14-12-33)15-13-34/h6-11,16-18,26-27H,2-5,12-15,19-20H2,1H3,(H,40,41)/t26?,27-/m1/s1. The number of aromatic nitrogens is 3. The van der Waals surface area contributed by atoms with Crippen molar-refractivity contribution in [3.05, 3.63) is 83.2 Å². The number of fused-ring (bicyclic) bond motifs is 1. The molecule has 2 heterocycles. The Morgan fingerprint density at radius 1 is 1.07 bits per heavy atom. The average molecular weight is 581 g/mol. The van der Waals surface area contributed by atoms with Crippen LogP contribution in [0.25, 0.3) is 11.0 Å². The summed E-state index contributed by atoms with van der Waals surface area (Å²) in [6, 6.07) is 13.9. The normalized spacial score (nSPS) is 17.0. The zero-order chi connectivity index (χ0) is 29.6. The molecule has 10 heteroatoms. The zero-order valence-electron chi connectivity index (χ0n) is 23.6. The van der Waals surface area contributed by atoms with Crippen molar-refractivity contribution in [1.29, 1.82) is 0 Å². The third kappa shape index (κ3) is 6.53. The lowest BCUT2D eigenvalue weighted by Crippen LogP contribution is -2.28. The van der Waals surface area contributed by atoms with Gasteiger partial charge in [0.15, 0.2) is 0 Å². The molecule has 2 aromatic heterocycles. The molecular formula is C32H35F3N4O3. The minimum atomic E-state index is -0.857. The number of aryl methyl sites for hydroxylation is 1. The number of halogens is 3. The highest BCUT2D eigenvalue weighted by Gasteiger charge is 2.35. The van der Waals surface area contributed by atoms with Crippen LogP contribution in [-0.2, 0) is 17.9 Å². The van der Waals surface area contributed by atoms with E-state index in [4.69, 9.17) is 9.72 Å². The summed E-state index contributed by atoms with van der Waals surface area (Å²) < 4.78 is 49.5. The van der Waals surface area contributed by atoms with Gasteiger partial charge in [-0.25, -0.2) is 18.2 Å². The summed E-state index contributed by atoms with van der Waals surface area (Å²) in [5, 5.41) is 10.00. The lowest BCUT2D eigenvalue weighted by molar-refractivity contribution is -0.143. The molecule has 42 heavy (non-hydrogen) atoms. The monoisotopic (exact) mass is 580 g/mol. The highest BCUT2D eigenvalue weighted by molar-refractivity contribution is 5.79. The molecule has 1 aliphatic rings. The van der Waals surface area contributed by atoms with Crippen LogP contribution in [0.5, 0.6) is 5.75 Å². The Morgan fingerprint density at radius 3 is 2.55 bits per heavy atom. The van der Waals surface area contributed by atoms with Crippen LogP contribution in [0.1, 0.15) is 54.2 Å². The summed E-state index contributed by atoms with van der Waals surface area (Å²) in [5.74, 6) is -1.09. The Labute approximate surface area is 243 Å². The number of carbonyl (C=O) groups is 1. The van der Waals surface area contributed by atoms with E-state index in [1.165, 1.54) is 11.0 Å². The summed E-state index contributed by atoms with van der Waals surface area (Å²) in [6.45, 7) is 0.924. The van der Waals surface area contributed by atoms with E-state index in [0.717, 1.165) is 24.1 Å². The predicted molar refractivity (Wildman–Crippen MR) is 155 cm³/mol. The number of imidazole rings is 1. The second-order valence-electron chi connectivity index (χ2n) is 10.8. The van der Waals surface area contributed by atoms with Crippen molar-refractivity contribution in [3.8, 4) is 5.75 Å². The number of benzene rings is 2. The average Bonchev–Trinajstić information content (AvgIpc) is 3.35. The fourth-order valence-corrected chi connectivity index (χ4v) is 5.74. The second-order valence-corrected chi connectivity index (χ2v) is 10.8. The third-order valence-corrected chi connectivity index (χ3v) is 7.96. The molecule has 222 valence electrons. The van der Waals surface area contributed by atoms with Crippen molar-refractivity contribution in [3.63, 3.8) is 0 Å². The van der Waals surface area contributed by atoms with Gasteiger partial charge < -0.3 is 19.3 Å². The van der Waals surface area contributed by atoms with Gasteiger partial charge in [0.1, 0.15) is 37.3 Å². The molecule has 5 rings (SSSR count). The first-order valence-electron chi connectivity index (χ1n) is 14.3. The van der Waals surface area contributed by atoms with Crippen molar-refractivity contribution in [2.24, 2.45) is 5.92 Å². The highest BCUT2D eigenvalue weighted by Crippen LogP contribution is 2.39. The number of aliphatic carboxylic acids is 1.